The topological polar surface area (TPSA) is 25.8 Å². The highest BCUT2D eigenvalue weighted by Crippen LogP contribution is 2.20. The van der Waals surface area contributed by atoms with Crippen LogP contribution in [0.2, 0.25) is 0 Å². The second kappa shape index (κ2) is 4.82. The Morgan fingerprint density at radius 1 is 1.12 bits per heavy atom. The van der Waals surface area contributed by atoms with Crippen LogP contribution in [-0.2, 0) is 0 Å². The second-order valence-electron chi connectivity index (χ2n) is 3.35. The predicted molar refractivity (Wildman–Crippen MR) is 61.9 cm³/mol. The van der Waals surface area contributed by atoms with Gasteiger partial charge in [-0.25, -0.2) is 18.7 Å². The summed E-state index contributed by atoms with van der Waals surface area (Å²) < 4.78 is 25.8. The van der Waals surface area contributed by atoms with Crippen LogP contribution in [0.3, 0.4) is 0 Å². The van der Waals surface area contributed by atoms with Crippen LogP contribution in [0.1, 0.15) is 5.56 Å². The molecule has 4 heteroatoms. The fourth-order valence-corrected chi connectivity index (χ4v) is 1.36. The van der Waals surface area contributed by atoms with Crippen LogP contribution in [0.4, 0.5) is 8.78 Å². The van der Waals surface area contributed by atoms with Crippen molar-refractivity contribution in [2.75, 3.05) is 0 Å². The van der Waals surface area contributed by atoms with Gasteiger partial charge < -0.3 is 0 Å². The zero-order valence-corrected chi connectivity index (χ0v) is 8.90. The summed E-state index contributed by atoms with van der Waals surface area (Å²) in [6.07, 6.45) is 3.32. The van der Waals surface area contributed by atoms with Crippen LogP contribution < -0.4 is 0 Å². The van der Waals surface area contributed by atoms with Gasteiger partial charge in [-0.1, -0.05) is 24.3 Å². The molecular formula is C13H9F2N2. The first-order valence-electron chi connectivity index (χ1n) is 4.94. The fourth-order valence-electron chi connectivity index (χ4n) is 1.36. The highest BCUT2D eigenvalue weighted by atomic mass is 19.1. The highest BCUT2D eigenvalue weighted by molar-refractivity contribution is 5.64. The monoisotopic (exact) mass is 231 g/mol. The summed E-state index contributed by atoms with van der Waals surface area (Å²) in [7, 11) is 0. The van der Waals surface area contributed by atoms with Gasteiger partial charge in [0.25, 0.3) is 0 Å². The van der Waals surface area contributed by atoms with E-state index in [0.29, 0.717) is 17.0 Å². The van der Waals surface area contributed by atoms with Crippen molar-refractivity contribution in [1.82, 2.24) is 9.97 Å². The molecule has 0 saturated carbocycles. The summed E-state index contributed by atoms with van der Waals surface area (Å²) >= 11 is 0. The lowest BCUT2D eigenvalue weighted by atomic mass is 10.1. The number of halogens is 2. The molecular weight excluding hydrogens is 222 g/mol. The molecule has 0 unspecified atom stereocenters. The third kappa shape index (κ3) is 2.53. The van der Waals surface area contributed by atoms with Gasteiger partial charge in [0.05, 0.1) is 12.4 Å². The molecule has 0 spiro atoms. The SMILES string of the molecule is [CH2]/C=C(\F)c1ccc(-c2ncc(F)cn2)cc1. The first-order valence-corrected chi connectivity index (χ1v) is 4.94. The molecule has 0 fully saturated rings. The first kappa shape index (κ1) is 11.4. The number of allylic oxidation sites excluding steroid dienone is 1. The Labute approximate surface area is 97.7 Å². The van der Waals surface area contributed by atoms with Gasteiger partial charge in [0.1, 0.15) is 5.83 Å². The van der Waals surface area contributed by atoms with Crippen LogP contribution in [0.25, 0.3) is 17.2 Å². The molecule has 2 nitrogen and oxygen atoms in total. The molecule has 17 heavy (non-hydrogen) atoms. The normalized spacial score (nSPS) is 11.6. The Bertz CT molecular complexity index is 530. The Morgan fingerprint density at radius 2 is 1.71 bits per heavy atom. The summed E-state index contributed by atoms with van der Waals surface area (Å²) in [5.41, 5.74) is 1.14. The molecule has 1 radical (unpaired) electrons. The van der Waals surface area contributed by atoms with Crippen LogP contribution >= 0.6 is 0 Å². The van der Waals surface area contributed by atoms with Gasteiger partial charge in [-0.3, -0.25) is 0 Å². The van der Waals surface area contributed by atoms with Crippen molar-refractivity contribution < 1.29 is 8.78 Å². The van der Waals surface area contributed by atoms with Crippen LogP contribution in [0.5, 0.6) is 0 Å². The molecule has 2 aromatic rings. The Morgan fingerprint density at radius 3 is 2.24 bits per heavy atom. The zero-order valence-electron chi connectivity index (χ0n) is 8.90. The molecule has 1 aromatic heterocycles. The molecule has 2 rings (SSSR count). The summed E-state index contributed by atoms with van der Waals surface area (Å²) in [5, 5.41) is 0. The minimum absolute atomic E-state index is 0.392. The van der Waals surface area contributed by atoms with Crippen LogP contribution in [-0.4, -0.2) is 9.97 Å². The fraction of sp³-hybridized carbons (Fsp3) is 0. The van der Waals surface area contributed by atoms with E-state index in [9.17, 15) is 8.78 Å². The zero-order chi connectivity index (χ0) is 12.3. The molecule has 0 bridgehead atoms. The van der Waals surface area contributed by atoms with Crippen molar-refractivity contribution in [3.8, 4) is 11.4 Å². The second-order valence-corrected chi connectivity index (χ2v) is 3.35. The van der Waals surface area contributed by atoms with Gasteiger partial charge in [-0.2, -0.15) is 0 Å². The van der Waals surface area contributed by atoms with E-state index in [4.69, 9.17) is 0 Å². The van der Waals surface area contributed by atoms with Crippen LogP contribution in [0.15, 0.2) is 42.7 Å². The molecule has 0 N–H and O–H groups in total. The number of rotatable bonds is 2. The average molecular weight is 231 g/mol. The van der Waals surface area contributed by atoms with E-state index in [1.54, 1.807) is 24.3 Å². The highest BCUT2D eigenvalue weighted by Gasteiger charge is 2.03. The molecule has 85 valence electrons. The van der Waals surface area contributed by atoms with Crippen molar-refractivity contribution >= 4 is 5.83 Å². The van der Waals surface area contributed by atoms with E-state index in [1.807, 2.05) is 0 Å². The maximum absolute atomic E-state index is 13.2. The number of hydrogen-bond acceptors (Lipinski definition) is 2. The summed E-state index contributed by atoms with van der Waals surface area (Å²) in [6, 6.07) is 6.54. The minimum Gasteiger partial charge on any atom is -0.233 e. The molecule has 0 aliphatic heterocycles. The lowest BCUT2D eigenvalue weighted by Gasteiger charge is -2.01. The first-order chi connectivity index (χ1) is 8.20. The largest absolute Gasteiger partial charge is 0.233 e. The third-order valence-corrected chi connectivity index (χ3v) is 2.22. The number of aromatic nitrogens is 2. The molecule has 0 saturated heterocycles. The van der Waals surface area contributed by atoms with E-state index in [-0.39, 0.29) is 0 Å². The molecule has 1 aromatic carbocycles. The number of hydrogen-bond donors (Lipinski definition) is 0. The van der Waals surface area contributed by atoms with E-state index < -0.39 is 11.6 Å². The van der Waals surface area contributed by atoms with Crippen molar-refractivity contribution in [3.63, 3.8) is 0 Å². The Hall–Kier alpha value is -2.10. The smallest absolute Gasteiger partial charge is 0.159 e. The van der Waals surface area contributed by atoms with Gasteiger partial charge in [0.2, 0.25) is 0 Å². The average Bonchev–Trinajstić information content (AvgIpc) is 2.39. The van der Waals surface area contributed by atoms with Gasteiger partial charge >= 0.3 is 0 Å². The molecule has 0 aliphatic carbocycles. The lowest BCUT2D eigenvalue weighted by Crippen LogP contribution is -1.89. The molecule has 1 heterocycles. The lowest BCUT2D eigenvalue weighted by molar-refractivity contribution is 0.614. The summed E-state index contributed by atoms with van der Waals surface area (Å²) in [4.78, 5) is 7.67. The quantitative estimate of drug-likeness (QED) is 0.791. The van der Waals surface area contributed by atoms with Gasteiger partial charge in [0.15, 0.2) is 11.6 Å². The number of nitrogens with zero attached hydrogens (tertiary/aromatic N) is 2. The Kier molecular flexibility index (Phi) is 3.23. The van der Waals surface area contributed by atoms with E-state index >= 15 is 0 Å². The number of benzene rings is 1. The Balaban J connectivity index is 2.32. The van der Waals surface area contributed by atoms with Gasteiger partial charge in [-0.15, -0.1) is 0 Å². The summed E-state index contributed by atoms with van der Waals surface area (Å²) in [5.74, 6) is -0.482. The van der Waals surface area contributed by atoms with Crippen LogP contribution in [0, 0.1) is 12.7 Å². The maximum atomic E-state index is 13.2. The molecule has 0 aliphatic rings. The molecule has 0 atom stereocenters. The van der Waals surface area contributed by atoms with Crippen molar-refractivity contribution in [3.05, 3.63) is 61.0 Å². The summed E-state index contributed by atoms with van der Waals surface area (Å²) in [6.45, 7) is 3.35. The van der Waals surface area contributed by atoms with E-state index in [0.717, 1.165) is 18.5 Å². The predicted octanol–water partition coefficient (Wildman–Crippen LogP) is 3.43. The van der Waals surface area contributed by atoms with Crippen molar-refractivity contribution in [2.24, 2.45) is 0 Å². The standard InChI is InChI=1S/C13H9F2N2/c1-2-12(15)9-3-5-10(6-4-9)13-16-7-11(14)8-17-13/h2-8H,1H2/b12-2-. The van der Waals surface area contributed by atoms with Crippen molar-refractivity contribution in [2.45, 2.75) is 0 Å². The third-order valence-electron chi connectivity index (χ3n) is 2.22. The van der Waals surface area contributed by atoms with Gasteiger partial charge in [-0.05, 0) is 13.0 Å². The molecule has 0 amide bonds. The van der Waals surface area contributed by atoms with E-state index in [1.165, 1.54) is 0 Å². The maximum Gasteiger partial charge on any atom is 0.159 e. The minimum atomic E-state index is -0.489. The van der Waals surface area contributed by atoms with Crippen molar-refractivity contribution in [1.29, 1.82) is 0 Å². The van der Waals surface area contributed by atoms with E-state index in [2.05, 4.69) is 16.9 Å². The van der Waals surface area contributed by atoms with Gasteiger partial charge in [0, 0.05) is 11.1 Å².